The maximum Gasteiger partial charge on any atom is 0.138 e. The maximum atomic E-state index is 5.97. The third-order valence-electron chi connectivity index (χ3n) is 3.34. The lowest BCUT2D eigenvalue weighted by Gasteiger charge is -2.03. The fraction of sp³-hybridized carbons (Fsp3) is 0.429. The van der Waals surface area contributed by atoms with Crippen LogP contribution in [0.3, 0.4) is 0 Å². The first-order valence-corrected chi connectivity index (χ1v) is 5.69. The molecule has 1 heterocycles. The lowest BCUT2D eigenvalue weighted by atomic mass is 10.00. The molecule has 1 N–H and O–H groups in total. The first-order chi connectivity index (χ1) is 7.56. The summed E-state index contributed by atoms with van der Waals surface area (Å²) in [5.74, 6) is 1.05. The van der Waals surface area contributed by atoms with E-state index in [9.17, 15) is 0 Å². The van der Waals surface area contributed by atoms with Crippen molar-refractivity contribution in [2.75, 3.05) is 7.05 Å². The Labute approximate surface area is 96.6 Å². The highest BCUT2D eigenvalue weighted by Gasteiger charge is 2.14. The predicted octanol–water partition coefficient (Wildman–Crippen LogP) is 3.39. The minimum absolute atomic E-state index is 0.790. The van der Waals surface area contributed by atoms with Crippen molar-refractivity contribution in [3.8, 4) is 0 Å². The van der Waals surface area contributed by atoms with Gasteiger partial charge in [-0.25, -0.2) is 0 Å². The van der Waals surface area contributed by atoms with Crippen LogP contribution >= 0.6 is 0 Å². The minimum atomic E-state index is 0.790. The van der Waals surface area contributed by atoms with Gasteiger partial charge in [-0.3, -0.25) is 0 Å². The molecule has 2 aromatic rings. The molecule has 0 amide bonds. The Bertz CT molecular complexity index is 537. The highest BCUT2D eigenvalue weighted by Crippen LogP contribution is 2.32. The molecule has 2 heteroatoms. The van der Waals surface area contributed by atoms with Crippen LogP contribution < -0.4 is 5.32 Å². The van der Waals surface area contributed by atoms with Gasteiger partial charge in [0.1, 0.15) is 11.3 Å². The molecular formula is C14H19NO. The molecule has 2 rings (SSSR count). The van der Waals surface area contributed by atoms with Gasteiger partial charge in [-0.2, -0.15) is 0 Å². The molecule has 0 saturated heterocycles. The third kappa shape index (κ3) is 1.54. The number of rotatable bonds is 2. The van der Waals surface area contributed by atoms with Crippen LogP contribution in [0.15, 0.2) is 10.5 Å². The SMILES string of the molecule is CNCc1oc2c(C)c(C)cc(C)c2c1C. The second-order valence-electron chi connectivity index (χ2n) is 4.52. The molecule has 0 atom stereocenters. The molecule has 0 spiro atoms. The Morgan fingerprint density at radius 3 is 2.38 bits per heavy atom. The van der Waals surface area contributed by atoms with Crippen LogP contribution in [-0.2, 0) is 6.54 Å². The van der Waals surface area contributed by atoms with E-state index in [0.29, 0.717) is 0 Å². The van der Waals surface area contributed by atoms with Crippen molar-refractivity contribution in [1.82, 2.24) is 5.32 Å². The van der Waals surface area contributed by atoms with Crippen molar-refractivity contribution in [2.24, 2.45) is 0 Å². The number of aryl methyl sites for hydroxylation is 4. The Kier molecular flexibility index (Phi) is 2.76. The molecule has 0 fully saturated rings. The zero-order valence-corrected chi connectivity index (χ0v) is 10.7. The average Bonchev–Trinajstić information content (AvgIpc) is 2.55. The topological polar surface area (TPSA) is 25.2 Å². The lowest BCUT2D eigenvalue weighted by molar-refractivity contribution is 0.525. The van der Waals surface area contributed by atoms with Crippen molar-refractivity contribution in [1.29, 1.82) is 0 Å². The van der Waals surface area contributed by atoms with Crippen LogP contribution in [0.1, 0.15) is 28.0 Å². The van der Waals surface area contributed by atoms with Crippen molar-refractivity contribution >= 4 is 11.0 Å². The molecule has 0 aliphatic carbocycles. The number of nitrogens with one attached hydrogen (secondary N) is 1. The van der Waals surface area contributed by atoms with E-state index >= 15 is 0 Å². The molecule has 1 aromatic carbocycles. The zero-order chi connectivity index (χ0) is 11.9. The molecule has 2 nitrogen and oxygen atoms in total. The molecule has 0 saturated carbocycles. The fourth-order valence-corrected chi connectivity index (χ4v) is 2.31. The Morgan fingerprint density at radius 2 is 1.75 bits per heavy atom. The maximum absolute atomic E-state index is 5.97. The standard InChI is InChI=1S/C14H19NO/c1-8-6-9(2)13-11(4)12(7-15-5)16-14(13)10(8)3/h6,15H,7H2,1-5H3. The lowest BCUT2D eigenvalue weighted by Crippen LogP contribution is -2.04. The molecule has 1 aromatic heterocycles. The highest BCUT2D eigenvalue weighted by molar-refractivity contribution is 5.88. The van der Waals surface area contributed by atoms with Gasteiger partial charge in [-0.05, 0) is 57.0 Å². The van der Waals surface area contributed by atoms with Gasteiger partial charge in [0.25, 0.3) is 0 Å². The summed E-state index contributed by atoms with van der Waals surface area (Å²) in [6.07, 6.45) is 0. The van der Waals surface area contributed by atoms with Gasteiger partial charge in [0, 0.05) is 5.39 Å². The summed E-state index contributed by atoms with van der Waals surface area (Å²) in [5.41, 5.74) is 6.19. The van der Waals surface area contributed by atoms with Crippen molar-refractivity contribution in [3.63, 3.8) is 0 Å². The van der Waals surface area contributed by atoms with Crippen LogP contribution in [0.25, 0.3) is 11.0 Å². The number of benzene rings is 1. The smallest absolute Gasteiger partial charge is 0.138 e. The van der Waals surface area contributed by atoms with Crippen molar-refractivity contribution in [3.05, 3.63) is 34.1 Å². The molecule has 0 unspecified atom stereocenters. The normalized spacial score (nSPS) is 11.3. The van der Waals surface area contributed by atoms with E-state index in [0.717, 1.165) is 17.9 Å². The van der Waals surface area contributed by atoms with E-state index in [1.165, 1.54) is 27.6 Å². The van der Waals surface area contributed by atoms with Crippen LogP contribution in [-0.4, -0.2) is 7.05 Å². The Morgan fingerprint density at radius 1 is 1.06 bits per heavy atom. The Balaban J connectivity index is 2.80. The van der Waals surface area contributed by atoms with Gasteiger partial charge in [0.15, 0.2) is 0 Å². The quantitative estimate of drug-likeness (QED) is 0.834. The summed E-state index contributed by atoms with van der Waals surface area (Å²) in [5, 5.41) is 4.43. The van der Waals surface area contributed by atoms with Crippen molar-refractivity contribution in [2.45, 2.75) is 34.2 Å². The molecule has 0 aliphatic rings. The second kappa shape index (κ2) is 3.95. The molecule has 0 bridgehead atoms. The molecular weight excluding hydrogens is 198 g/mol. The van der Waals surface area contributed by atoms with Crippen molar-refractivity contribution < 1.29 is 4.42 Å². The van der Waals surface area contributed by atoms with Crippen LogP contribution in [0, 0.1) is 27.7 Å². The number of fused-ring (bicyclic) bond motifs is 1. The van der Waals surface area contributed by atoms with Gasteiger partial charge in [0.2, 0.25) is 0 Å². The van der Waals surface area contributed by atoms with Gasteiger partial charge in [-0.15, -0.1) is 0 Å². The predicted molar refractivity (Wildman–Crippen MR) is 67.9 cm³/mol. The first kappa shape index (κ1) is 11.2. The average molecular weight is 217 g/mol. The summed E-state index contributed by atoms with van der Waals surface area (Å²) in [7, 11) is 1.94. The van der Waals surface area contributed by atoms with E-state index in [-0.39, 0.29) is 0 Å². The summed E-state index contributed by atoms with van der Waals surface area (Å²) < 4.78 is 5.97. The summed E-state index contributed by atoms with van der Waals surface area (Å²) >= 11 is 0. The fourth-order valence-electron chi connectivity index (χ4n) is 2.31. The van der Waals surface area contributed by atoms with Crippen LogP contribution in [0.5, 0.6) is 0 Å². The summed E-state index contributed by atoms with van der Waals surface area (Å²) in [6, 6.07) is 2.24. The number of furan rings is 1. The molecule has 0 aliphatic heterocycles. The van der Waals surface area contributed by atoms with Gasteiger partial charge in [-0.1, -0.05) is 6.07 Å². The van der Waals surface area contributed by atoms with E-state index in [2.05, 4.69) is 39.1 Å². The first-order valence-electron chi connectivity index (χ1n) is 5.69. The van der Waals surface area contributed by atoms with E-state index in [1.807, 2.05) is 7.05 Å². The molecule has 16 heavy (non-hydrogen) atoms. The van der Waals surface area contributed by atoms with E-state index < -0.39 is 0 Å². The number of hydrogen-bond acceptors (Lipinski definition) is 2. The van der Waals surface area contributed by atoms with Gasteiger partial charge in [0.05, 0.1) is 6.54 Å². The van der Waals surface area contributed by atoms with E-state index in [1.54, 1.807) is 0 Å². The monoisotopic (exact) mass is 217 g/mol. The number of hydrogen-bond donors (Lipinski definition) is 1. The van der Waals surface area contributed by atoms with Crippen LogP contribution in [0.2, 0.25) is 0 Å². The highest BCUT2D eigenvalue weighted by atomic mass is 16.3. The minimum Gasteiger partial charge on any atom is -0.459 e. The molecule has 86 valence electrons. The Hall–Kier alpha value is -1.28. The second-order valence-corrected chi connectivity index (χ2v) is 4.52. The zero-order valence-electron chi connectivity index (χ0n) is 10.7. The van der Waals surface area contributed by atoms with Gasteiger partial charge >= 0.3 is 0 Å². The molecule has 0 radical (unpaired) electrons. The van der Waals surface area contributed by atoms with Crippen LogP contribution in [0.4, 0.5) is 0 Å². The summed E-state index contributed by atoms with van der Waals surface area (Å²) in [6.45, 7) is 9.35. The third-order valence-corrected chi connectivity index (χ3v) is 3.34. The largest absolute Gasteiger partial charge is 0.459 e. The van der Waals surface area contributed by atoms with E-state index in [4.69, 9.17) is 4.42 Å². The van der Waals surface area contributed by atoms with Gasteiger partial charge < -0.3 is 9.73 Å². The summed E-state index contributed by atoms with van der Waals surface area (Å²) in [4.78, 5) is 0.